The van der Waals surface area contributed by atoms with E-state index in [1.54, 1.807) is 6.20 Å². The zero-order chi connectivity index (χ0) is 15.5. The maximum Gasteiger partial charge on any atom is 0.416 e. The molecule has 2 aromatic rings. The number of hydrogen-bond acceptors (Lipinski definition) is 2. The van der Waals surface area contributed by atoms with Crippen molar-refractivity contribution < 1.29 is 13.2 Å². The Hall–Kier alpha value is -1.88. The van der Waals surface area contributed by atoms with E-state index in [0.717, 1.165) is 23.4 Å². The summed E-state index contributed by atoms with van der Waals surface area (Å²) in [5.74, 6) is 0. The number of hydrogen-bond donors (Lipinski definition) is 0. The van der Waals surface area contributed by atoms with Gasteiger partial charge in [-0.15, -0.1) is 0 Å². The lowest BCUT2D eigenvalue weighted by Crippen LogP contribution is -2.22. The number of alkyl halides is 3. The molecule has 112 valence electrons. The van der Waals surface area contributed by atoms with Gasteiger partial charge in [-0.1, -0.05) is 18.2 Å². The molecular weight excluding hydrogens is 277 g/mol. The Kier molecular flexibility index (Phi) is 4.63. The van der Waals surface area contributed by atoms with E-state index in [0.29, 0.717) is 6.54 Å². The fraction of sp³-hybridized carbons (Fsp3) is 0.312. The lowest BCUT2D eigenvalue weighted by atomic mass is 10.1. The van der Waals surface area contributed by atoms with Crippen molar-refractivity contribution in [2.24, 2.45) is 0 Å². The van der Waals surface area contributed by atoms with Crippen molar-refractivity contribution in [1.82, 2.24) is 9.88 Å². The highest BCUT2D eigenvalue weighted by Gasteiger charge is 2.29. The summed E-state index contributed by atoms with van der Waals surface area (Å²) in [4.78, 5) is 6.34. The second-order valence-electron chi connectivity index (χ2n) is 5.04. The van der Waals surface area contributed by atoms with Gasteiger partial charge >= 0.3 is 6.18 Å². The van der Waals surface area contributed by atoms with E-state index in [2.05, 4.69) is 4.98 Å². The van der Waals surface area contributed by atoms with Crippen LogP contribution in [0.4, 0.5) is 13.2 Å². The van der Waals surface area contributed by atoms with Gasteiger partial charge in [0.15, 0.2) is 0 Å². The lowest BCUT2D eigenvalue weighted by molar-refractivity contribution is -0.137. The topological polar surface area (TPSA) is 16.1 Å². The van der Waals surface area contributed by atoms with Gasteiger partial charge in [0.05, 0.1) is 11.3 Å². The quantitative estimate of drug-likeness (QED) is 0.836. The highest BCUT2D eigenvalue weighted by Crippen LogP contribution is 2.29. The molecule has 1 unspecified atom stereocenters. The first-order valence-corrected chi connectivity index (χ1v) is 6.65. The van der Waals surface area contributed by atoms with E-state index in [-0.39, 0.29) is 6.04 Å². The third-order valence-corrected chi connectivity index (χ3v) is 3.49. The molecule has 0 saturated carbocycles. The van der Waals surface area contributed by atoms with E-state index in [1.165, 1.54) is 12.1 Å². The van der Waals surface area contributed by atoms with Crippen LogP contribution in [0, 0.1) is 0 Å². The van der Waals surface area contributed by atoms with Crippen LogP contribution in [0.15, 0.2) is 48.7 Å². The summed E-state index contributed by atoms with van der Waals surface area (Å²) >= 11 is 0. The molecule has 2 rings (SSSR count). The maximum absolute atomic E-state index is 12.5. The molecular formula is C16H17F3N2. The number of benzene rings is 1. The smallest absolute Gasteiger partial charge is 0.294 e. The summed E-state index contributed by atoms with van der Waals surface area (Å²) in [6, 6.07) is 11.1. The second-order valence-corrected chi connectivity index (χ2v) is 5.04. The van der Waals surface area contributed by atoms with Gasteiger partial charge in [-0.2, -0.15) is 13.2 Å². The molecule has 1 heterocycles. The van der Waals surface area contributed by atoms with Crippen LogP contribution in [0.2, 0.25) is 0 Å². The number of rotatable bonds is 4. The average Bonchev–Trinajstić information content (AvgIpc) is 2.47. The van der Waals surface area contributed by atoms with Gasteiger partial charge in [-0.25, -0.2) is 0 Å². The van der Waals surface area contributed by atoms with Crippen LogP contribution in [0.25, 0.3) is 0 Å². The van der Waals surface area contributed by atoms with E-state index in [1.807, 2.05) is 37.1 Å². The summed E-state index contributed by atoms with van der Waals surface area (Å²) in [6.45, 7) is 2.59. The van der Waals surface area contributed by atoms with Crippen molar-refractivity contribution in [1.29, 1.82) is 0 Å². The standard InChI is InChI=1S/C16H17F3N2/c1-12(15-5-3-4-10-20-15)21(2)11-13-6-8-14(9-7-13)16(17,18)19/h3-10,12H,11H2,1-2H3. The van der Waals surface area contributed by atoms with Gasteiger partial charge in [0.25, 0.3) is 0 Å². The summed E-state index contributed by atoms with van der Waals surface area (Å²) in [5, 5.41) is 0. The van der Waals surface area contributed by atoms with E-state index >= 15 is 0 Å². The van der Waals surface area contributed by atoms with Crippen molar-refractivity contribution in [2.75, 3.05) is 7.05 Å². The van der Waals surface area contributed by atoms with Crippen LogP contribution >= 0.6 is 0 Å². The molecule has 0 aliphatic carbocycles. The minimum atomic E-state index is -4.29. The van der Waals surface area contributed by atoms with Crippen LogP contribution in [0.1, 0.15) is 29.8 Å². The molecule has 0 amide bonds. The third-order valence-electron chi connectivity index (χ3n) is 3.49. The first kappa shape index (κ1) is 15.5. The molecule has 0 fully saturated rings. The third kappa shape index (κ3) is 4.04. The summed E-state index contributed by atoms with van der Waals surface area (Å²) in [5.41, 5.74) is 1.16. The predicted octanol–water partition coefficient (Wildman–Crippen LogP) is 4.29. The molecule has 0 aliphatic rings. The van der Waals surface area contributed by atoms with Crippen molar-refractivity contribution >= 4 is 0 Å². The Morgan fingerprint density at radius 2 is 1.76 bits per heavy atom. The first-order chi connectivity index (χ1) is 9.88. The SMILES string of the molecule is CC(c1ccccn1)N(C)Cc1ccc(C(F)(F)F)cc1. The molecule has 0 saturated heterocycles. The molecule has 0 spiro atoms. The zero-order valence-corrected chi connectivity index (χ0v) is 11.9. The van der Waals surface area contributed by atoms with Gasteiger partial charge in [-0.05, 0) is 43.8 Å². The fourth-order valence-electron chi connectivity index (χ4n) is 2.07. The van der Waals surface area contributed by atoms with E-state index in [4.69, 9.17) is 0 Å². The number of halogens is 3. The van der Waals surface area contributed by atoms with Crippen LogP contribution < -0.4 is 0 Å². The van der Waals surface area contributed by atoms with Crippen LogP contribution in [0.3, 0.4) is 0 Å². The van der Waals surface area contributed by atoms with Crippen molar-refractivity contribution in [2.45, 2.75) is 25.7 Å². The fourth-order valence-corrected chi connectivity index (χ4v) is 2.07. The van der Waals surface area contributed by atoms with Crippen molar-refractivity contribution in [3.63, 3.8) is 0 Å². The highest BCUT2D eigenvalue weighted by atomic mass is 19.4. The molecule has 0 aliphatic heterocycles. The van der Waals surface area contributed by atoms with Gasteiger partial charge < -0.3 is 0 Å². The average molecular weight is 294 g/mol. The highest BCUT2D eigenvalue weighted by molar-refractivity contribution is 5.24. The molecule has 1 aromatic carbocycles. The Morgan fingerprint density at radius 1 is 1.10 bits per heavy atom. The summed E-state index contributed by atoms with van der Waals surface area (Å²) in [6.07, 6.45) is -2.55. The Morgan fingerprint density at radius 3 is 2.29 bits per heavy atom. The molecule has 1 aromatic heterocycles. The van der Waals surface area contributed by atoms with Gasteiger partial charge in [0.2, 0.25) is 0 Å². The largest absolute Gasteiger partial charge is 0.416 e. The maximum atomic E-state index is 12.5. The van der Waals surface area contributed by atoms with Crippen molar-refractivity contribution in [3.8, 4) is 0 Å². The van der Waals surface area contributed by atoms with Gasteiger partial charge in [0, 0.05) is 18.8 Å². The van der Waals surface area contributed by atoms with Crippen LogP contribution in [-0.2, 0) is 12.7 Å². The minimum absolute atomic E-state index is 0.0912. The molecule has 5 heteroatoms. The normalized spacial score (nSPS) is 13.4. The molecule has 2 nitrogen and oxygen atoms in total. The summed E-state index contributed by atoms with van der Waals surface area (Å²) < 4.78 is 37.5. The molecule has 0 bridgehead atoms. The summed E-state index contributed by atoms with van der Waals surface area (Å²) in [7, 11) is 1.93. The Bertz CT molecular complexity index is 564. The first-order valence-electron chi connectivity index (χ1n) is 6.65. The molecule has 0 N–H and O–H groups in total. The van der Waals surface area contributed by atoms with Crippen LogP contribution in [-0.4, -0.2) is 16.9 Å². The Balaban J connectivity index is 2.04. The minimum Gasteiger partial charge on any atom is -0.294 e. The second kappa shape index (κ2) is 6.26. The monoisotopic (exact) mass is 294 g/mol. The number of aromatic nitrogens is 1. The molecule has 0 radical (unpaired) electrons. The Labute approximate surface area is 122 Å². The molecule has 21 heavy (non-hydrogen) atoms. The van der Waals surface area contributed by atoms with Crippen molar-refractivity contribution in [3.05, 3.63) is 65.5 Å². The number of pyridine rings is 1. The van der Waals surface area contributed by atoms with Gasteiger partial charge in [0.1, 0.15) is 0 Å². The van der Waals surface area contributed by atoms with Crippen LogP contribution in [0.5, 0.6) is 0 Å². The van der Waals surface area contributed by atoms with Gasteiger partial charge in [-0.3, -0.25) is 9.88 Å². The predicted molar refractivity (Wildman–Crippen MR) is 75.6 cm³/mol. The molecule has 1 atom stereocenters. The zero-order valence-electron chi connectivity index (χ0n) is 11.9. The number of nitrogens with zero attached hydrogens (tertiary/aromatic N) is 2. The van der Waals surface area contributed by atoms with E-state index in [9.17, 15) is 13.2 Å². The van der Waals surface area contributed by atoms with E-state index < -0.39 is 11.7 Å². The lowest BCUT2D eigenvalue weighted by Gasteiger charge is -2.24.